The van der Waals surface area contributed by atoms with Crippen LogP contribution >= 0.6 is 11.3 Å². The molecule has 2 N–H and O–H groups in total. The SMILES string of the molecule is CCOc1nnc(-c2nc(C)cc(-c3c(OC)ccc(C)c3F)c2C(N)=O)s1. The lowest BCUT2D eigenvalue weighted by Gasteiger charge is -2.16. The van der Waals surface area contributed by atoms with E-state index in [9.17, 15) is 4.79 Å². The molecule has 0 unspecified atom stereocenters. The van der Waals surface area contributed by atoms with Gasteiger partial charge < -0.3 is 15.2 Å². The first-order chi connectivity index (χ1) is 13.4. The van der Waals surface area contributed by atoms with Gasteiger partial charge in [-0.25, -0.2) is 9.37 Å². The third-order valence-corrected chi connectivity index (χ3v) is 4.90. The maximum Gasteiger partial charge on any atom is 0.294 e. The highest BCUT2D eigenvalue weighted by atomic mass is 32.1. The molecule has 0 saturated carbocycles. The predicted octanol–water partition coefficient (Wildman–Crippen LogP) is 3.53. The third-order valence-electron chi connectivity index (χ3n) is 4.06. The second-order valence-electron chi connectivity index (χ2n) is 5.98. The van der Waals surface area contributed by atoms with Crippen molar-refractivity contribution in [2.75, 3.05) is 13.7 Å². The molecule has 28 heavy (non-hydrogen) atoms. The molecule has 7 nitrogen and oxygen atoms in total. The van der Waals surface area contributed by atoms with Crippen LogP contribution in [0.15, 0.2) is 18.2 Å². The van der Waals surface area contributed by atoms with Gasteiger partial charge in [0.1, 0.15) is 17.3 Å². The topological polar surface area (TPSA) is 100 Å². The van der Waals surface area contributed by atoms with E-state index in [1.165, 1.54) is 7.11 Å². The van der Waals surface area contributed by atoms with Gasteiger partial charge >= 0.3 is 0 Å². The zero-order valence-corrected chi connectivity index (χ0v) is 16.7. The van der Waals surface area contributed by atoms with E-state index in [1.807, 2.05) is 6.92 Å². The number of aromatic nitrogens is 3. The van der Waals surface area contributed by atoms with Crippen molar-refractivity contribution in [3.63, 3.8) is 0 Å². The number of benzene rings is 1. The number of nitrogens with zero attached hydrogens (tertiary/aromatic N) is 3. The minimum Gasteiger partial charge on any atom is -0.496 e. The summed E-state index contributed by atoms with van der Waals surface area (Å²) in [6.45, 7) is 5.62. The zero-order valence-electron chi connectivity index (χ0n) is 15.9. The van der Waals surface area contributed by atoms with Crippen LogP contribution in [0.1, 0.15) is 28.5 Å². The Labute approximate surface area is 165 Å². The van der Waals surface area contributed by atoms with Crippen molar-refractivity contribution in [2.24, 2.45) is 5.73 Å². The molecule has 0 atom stereocenters. The van der Waals surface area contributed by atoms with Crippen LogP contribution in [0, 0.1) is 19.7 Å². The van der Waals surface area contributed by atoms with Crippen molar-refractivity contribution in [3.05, 3.63) is 40.8 Å². The van der Waals surface area contributed by atoms with E-state index in [0.717, 1.165) is 11.3 Å². The molecule has 9 heteroatoms. The van der Waals surface area contributed by atoms with Crippen molar-refractivity contribution in [1.82, 2.24) is 15.2 Å². The van der Waals surface area contributed by atoms with Crippen LogP contribution in [-0.2, 0) is 0 Å². The van der Waals surface area contributed by atoms with Crippen LogP contribution in [0.5, 0.6) is 10.9 Å². The van der Waals surface area contributed by atoms with E-state index >= 15 is 4.39 Å². The third kappa shape index (κ3) is 3.53. The standard InChI is InChI=1S/C19H19FN4O3S/c1-5-27-19-24-23-18(28-19)16-14(17(21)25)11(8-10(3)22-16)13-12(26-4)7-6-9(2)15(13)20/h6-8H,5H2,1-4H3,(H2,21,25). The molecule has 0 aliphatic heterocycles. The molecule has 3 rings (SSSR count). The quantitative estimate of drug-likeness (QED) is 0.677. The average molecular weight is 402 g/mol. The molecule has 0 bridgehead atoms. The zero-order chi connectivity index (χ0) is 20.4. The summed E-state index contributed by atoms with van der Waals surface area (Å²) in [4.78, 5) is 16.8. The number of halogens is 1. The monoisotopic (exact) mass is 402 g/mol. The fourth-order valence-electron chi connectivity index (χ4n) is 2.85. The van der Waals surface area contributed by atoms with Gasteiger partial charge in [-0.2, -0.15) is 0 Å². The van der Waals surface area contributed by atoms with E-state index in [4.69, 9.17) is 15.2 Å². The fraction of sp³-hybridized carbons (Fsp3) is 0.263. The number of pyridine rings is 1. The Kier molecular flexibility index (Phi) is 5.55. The number of aryl methyl sites for hydroxylation is 2. The summed E-state index contributed by atoms with van der Waals surface area (Å²) in [5.74, 6) is -0.964. The first kappa shape index (κ1) is 19.7. The van der Waals surface area contributed by atoms with Crippen molar-refractivity contribution in [3.8, 4) is 32.8 Å². The van der Waals surface area contributed by atoms with Gasteiger partial charge in [-0.15, -0.1) is 5.10 Å². The first-order valence-corrected chi connectivity index (χ1v) is 9.30. The average Bonchev–Trinajstić information content (AvgIpc) is 3.11. The van der Waals surface area contributed by atoms with E-state index in [2.05, 4.69) is 15.2 Å². The fourth-order valence-corrected chi connectivity index (χ4v) is 3.60. The Balaban J connectivity index is 2.34. The summed E-state index contributed by atoms with van der Waals surface area (Å²) < 4.78 is 25.7. The van der Waals surface area contributed by atoms with Gasteiger partial charge in [0.2, 0.25) is 0 Å². The van der Waals surface area contributed by atoms with Gasteiger partial charge in [-0.3, -0.25) is 4.79 Å². The highest BCUT2D eigenvalue weighted by Crippen LogP contribution is 2.40. The van der Waals surface area contributed by atoms with Crippen molar-refractivity contribution in [2.45, 2.75) is 20.8 Å². The van der Waals surface area contributed by atoms with Crippen LogP contribution in [-0.4, -0.2) is 34.8 Å². The molecule has 146 valence electrons. The summed E-state index contributed by atoms with van der Waals surface area (Å²) in [5, 5.41) is 8.69. The number of amides is 1. The molecule has 3 aromatic rings. The van der Waals surface area contributed by atoms with Crippen LogP contribution in [0.25, 0.3) is 21.8 Å². The minimum absolute atomic E-state index is 0.0487. The Hall–Kier alpha value is -3.07. The first-order valence-electron chi connectivity index (χ1n) is 8.48. The molecule has 0 aliphatic rings. The Morgan fingerprint density at radius 1 is 1.29 bits per heavy atom. The normalized spacial score (nSPS) is 10.8. The maximum atomic E-state index is 15.1. The number of carbonyl (C=O) groups is 1. The molecule has 0 saturated heterocycles. The molecular weight excluding hydrogens is 383 g/mol. The summed E-state index contributed by atoms with van der Waals surface area (Å²) in [7, 11) is 1.44. The van der Waals surface area contributed by atoms with Crippen molar-refractivity contribution >= 4 is 17.2 Å². The molecule has 2 heterocycles. The molecule has 0 aliphatic carbocycles. The lowest BCUT2D eigenvalue weighted by Crippen LogP contribution is -2.16. The number of rotatable bonds is 6. The molecule has 1 amide bonds. The van der Waals surface area contributed by atoms with E-state index < -0.39 is 11.7 Å². The van der Waals surface area contributed by atoms with Crippen LogP contribution in [0.2, 0.25) is 0 Å². The number of nitrogens with two attached hydrogens (primary N) is 1. The Morgan fingerprint density at radius 3 is 2.68 bits per heavy atom. The molecule has 1 aromatic carbocycles. The number of carbonyl (C=O) groups excluding carboxylic acids is 1. The van der Waals surface area contributed by atoms with Crippen LogP contribution in [0.4, 0.5) is 4.39 Å². The number of hydrogen-bond donors (Lipinski definition) is 1. The number of hydrogen-bond acceptors (Lipinski definition) is 7. The minimum atomic E-state index is -0.756. The van der Waals surface area contributed by atoms with Gasteiger partial charge in [0.15, 0.2) is 5.01 Å². The molecule has 0 fully saturated rings. The lowest BCUT2D eigenvalue weighted by molar-refractivity contribution is 0.100. The summed E-state index contributed by atoms with van der Waals surface area (Å²) in [6, 6.07) is 4.86. The van der Waals surface area contributed by atoms with E-state index in [0.29, 0.717) is 33.6 Å². The van der Waals surface area contributed by atoms with Gasteiger partial charge in [-0.1, -0.05) is 22.5 Å². The second-order valence-corrected chi connectivity index (χ2v) is 6.92. The van der Waals surface area contributed by atoms with E-state index in [-0.39, 0.29) is 22.6 Å². The second kappa shape index (κ2) is 7.89. The van der Waals surface area contributed by atoms with Crippen LogP contribution < -0.4 is 15.2 Å². The van der Waals surface area contributed by atoms with Gasteiger partial charge in [0.05, 0.1) is 24.8 Å². The summed E-state index contributed by atoms with van der Waals surface area (Å²) in [5.41, 5.74) is 7.37. The molecule has 2 aromatic heterocycles. The maximum absolute atomic E-state index is 15.1. The predicted molar refractivity (Wildman–Crippen MR) is 104 cm³/mol. The molecular formula is C19H19FN4O3S. The van der Waals surface area contributed by atoms with Crippen molar-refractivity contribution in [1.29, 1.82) is 0 Å². The highest BCUT2D eigenvalue weighted by Gasteiger charge is 2.26. The number of primary amides is 1. The lowest BCUT2D eigenvalue weighted by atomic mass is 9.94. The Morgan fingerprint density at radius 2 is 2.04 bits per heavy atom. The smallest absolute Gasteiger partial charge is 0.294 e. The van der Waals surface area contributed by atoms with Gasteiger partial charge in [0.25, 0.3) is 11.1 Å². The Bertz CT molecular complexity index is 1050. The summed E-state index contributed by atoms with van der Waals surface area (Å²) in [6.07, 6.45) is 0. The molecule has 0 radical (unpaired) electrons. The summed E-state index contributed by atoms with van der Waals surface area (Å²) >= 11 is 1.13. The highest BCUT2D eigenvalue weighted by molar-refractivity contribution is 7.16. The van der Waals surface area contributed by atoms with E-state index in [1.54, 1.807) is 32.0 Å². The van der Waals surface area contributed by atoms with Gasteiger partial charge in [-0.05, 0) is 38.5 Å². The largest absolute Gasteiger partial charge is 0.496 e. The van der Waals surface area contributed by atoms with Crippen LogP contribution in [0.3, 0.4) is 0 Å². The van der Waals surface area contributed by atoms with Crippen molar-refractivity contribution < 1.29 is 18.7 Å². The van der Waals surface area contributed by atoms with Gasteiger partial charge in [0, 0.05) is 11.3 Å². The number of ether oxygens (including phenoxy) is 2. The number of methoxy groups -OCH3 is 1. The molecule has 0 spiro atoms.